The number of hydrogen-bond acceptors (Lipinski definition) is 4. The Bertz CT molecular complexity index is 186. The van der Waals surface area contributed by atoms with Crippen LogP contribution in [0.1, 0.15) is 6.92 Å². The van der Waals surface area contributed by atoms with E-state index in [1.165, 1.54) is 11.1 Å². The van der Waals surface area contributed by atoms with Crippen LogP contribution in [0.25, 0.3) is 0 Å². The second-order valence-electron chi connectivity index (χ2n) is 2.26. The third-order valence-corrected chi connectivity index (χ3v) is 1.38. The molecule has 1 aliphatic heterocycles. The van der Waals surface area contributed by atoms with Gasteiger partial charge < -0.3 is 9.75 Å². The number of hydrazine groups is 1. The van der Waals surface area contributed by atoms with Gasteiger partial charge >= 0.3 is 5.97 Å². The van der Waals surface area contributed by atoms with Crippen molar-refractivity contribution >= 4 is 5.97 Å². The largest absolute Gasteiger partial charge is 0.453 e. The van der Waals surface area contributed by atoms with Crippen LogP contribution in [0.2, 0.25) is 0 Å². The number of likely N-dealkylation sites (N-methyl/N-ethyl adjacent to an activating group) is 1. The monoisotopic (exact) mass is 142 g/mol. The SMILES string of the molecule is CC1OC(=O)C=C1N(C)N. The fraction of sp³-hybridized carbons (Fsp3) is 0.500. The van der Waals surface area contributed by atoms with Crippen molar-refractivity contribution in [2.24, 2.45) is 5.84 Å². The molecule has 1 heterocycles. The van der Waals surface area contributed by atoms with Crippen LogP contribution >= 0.6 is 0 Å². The fourth-order valence-electron chi connectivity index (χ4n) is 0.895. The first kappa shape index (κ1) is 7.08. The van der Waals surface area contributed by atoms with Crippen LogP contribution in [0.4, 0.5) is 0 Å². The molecular formula is C6H10N2O2. The van der Waals surface area contributed by atoms with Gasteiger partial charge in [-0.15, -0.1) is 0 Å². The van der Waals surface area contributed by atoms with Crippen molar-refractivity contribution in [1.82, 2.24) is 5.01 Å². The number of carbonyl (C=O) groups is 1. The summed E-state index contributed by atoms with van der Waals surface area (Å²) in [5.74, 6) is 5.06. The minimum absolute atomic E-state index is 0.206. The van der Waals surface area contributed by atoms with Gasteiger partial charge in [0.05, 0.1) is 5.70 Å². The topological polar surface area (TPSA) is 55.6 Å². The molecule has 1 rings (SSSR count). The lowest BCUT2D eigenvalue weighted by Crippen LogP contribution is -2.29. The molecule has 0 aromatic rings. The summed E-state index contributed by atoms with van der Waals surface area (Å²) in [6, 6.07) is 0. The minimum Gasteiger partial charge on any atom is -0.453 e. The maximum atomic E-state index is 10.6. The van der Waals surface area contributed by atoms with Gasteiger partial charge in [-0.2, -0.15) is 0 Å². The number of ether oxygens (including phenoxy) is 1. The predicted octanol–water partition coefficient (Wildman–Crippen LogP) is -0.379. The van der Waals surface area contributed by atoms with Crippen molar-refractivity contribution in [3.8, 4) is 0 Å². The third kappa shape index (κ3) is 1.11. The van der Waals surface area contributed by atoms with Gasteiger partial charge in [-0.3, -0.25) is 0 Å². The smallest absolute Gasteiger partial charge is 0.333 e. The van der Waals surface area contributed by atoms with Gasteiger partial charge in [-0.05, 0) is 6.92 Å². The first-order valence-corrected chi connectivity index (χ1v) is 3.02. The molecule has 0 bridgehead atoms. The summed E-state index contributed by atoms with van der Waals surface area (Å²) < 4.78 is 4.78. The maximum absolute atomic E-state index is 10.6. The molecule has 0 fully saturated rings. The molecular weight excluding hydrogens is 132 g/mol. The number of carbonyl (C=O) groups excluding carboxylic acids is 1. The second-order valence-corrected chi connectivity index (χ2v) is 2.26. The standard InChI is InChI=1S/C6H10N2O2/c1-4-5(8(2)7)3-6(9)10-4/h3-4H,7H2,1-2H3. The number of nitrogens with two attached hydrogens (primary N) is 1. The van der Waals surface area contributed by atoms with E-state index in [0.717, 1.165) is 0 Å². The van der Waals surface area contributed by atoms with E-state index >= 15 is 0 Å². The molecule has 4 heteroatoms. The Morgan fingerprint density at radius 3 is 2.60 bits per heavy atom. The van der Waals surface area contributed by atoms with E-state index in [0.29, 0.717) is 5.70 Å². The Labute approximate surface area is 59.2 Å². The summed E-state index contributed by atoms with van der Waals surface area (Å²) in [5.41, 5.74) is 0.713. The highest BCUT2D eigenvalue weighted by molar-refractivity contribution is 5.85. The predicted molar refractivity (Wildman–Crippen MR) is 35.6 cm³/mol. The molecule has 0 radical (unpaired) electrons. The number of cyclic esters (lactones) is 1. The van der Waals surface area contributed by atoms with E-state index in [1.54, 1.807) is 14.0 Å². The van der Waals surface area contributed by atoms with Crippen molar-refractivity contribution in [2.75, 3.05) is 7.05 Å². The first-order chi connectivity index (χ1) is 4.61. The van der Waals surface area contributed by atoms with Crippen LogP contribution in [-0.4, -0.2) is 24.1 Å². The average molecular weight is 142 g/mol. The number of rotatable bonds is 1. The van der Waals surface area contributed by atoms with Gasteiger partial charge in [0.15, 0.2) is 0 Å². The number of esters is 1. The van der Waals surface area contributed by atoms with Crippen LogP contribution in [0.3, 0.4) is 0 Å². The Balaban J connectivity index is 2.75. The Kier molecular flexibility index (Phi) is 1.63. The number of hydrogen-bond donors (Lipinski definition) is 1. The van der Waals surface area contributed by atoms with E-state index in [9.17, 15) is 4.79 Å². The van der Waals surface area contributed by atoms with Gasteiger partial charge in [0.1, 0.15) is 6.10 Å². The van der Waals surface area contributed by atoms with Crippen LogP contribution in [0, 0.1) is 0 Å². The molecule has 0 saturated heterocycles. The van der Waals surface area contributed by atoms with Gasteiger partial charge in [0.25, 0.3) is 0 Å². The van der Waals surface area contributed by atoms with Crippen molar-refractivity contribution in [2.45, 2.75) is 13.0 Å². The molecule has 0 amide bonds. The molecule has 1 aliphatic rings. The lowest BCUT2D eigenvalue weighted by Gasteiger charge is -2.15. The van der Waals surface area contributed by atoms with Gasteiger partial charge in [-0.25, -0.2) is 10.6 Å². The summed E-state index contributed by atoms with van der Waals surface area (Å²) in [4.78, 5) is 10.6. The quantitative estimate of drug-likeness (QED) is 0.308. The van der Waals surface area contributed by atoms with Gasteiger partial charge in [-0.1, -0.05) is 0 Å². The van der Waals surface area contributed by atoms with Crippen LogP contribution in [0.5, 0.6) is 0 Å². The molecule has 10 heavy (non-hydrogen) atoms. The molecule has 0 spiro atoms. The van der Waals surface area contributed by atoms with Crippen LogP contribution in [-0.2, 0) is 9.53 Å². The third-order valence-electron chi connectivity index (χ3n) is 1.38. The summed E-state index contributed by atoms with van der Waals surface area (Å²) in [7, 11) is 1.67. The molecule has 1 unspecified atom stereocenters. The first-order valence-electron chi connectivity index (χ1n) is 3.02. The highest BCUT2D eigenvalue weighted by Crippen LogP contribution is 2.14. The normalized spacial score (nSPS) is 24.1. The zero-order valence-electron chi connectivity index (χ0n) is 6.00. The van der Waals surface area contributed by atoms with Crippen molar-refractivity contribution < 1.29 is 9.53 Å². The highest BCUT2D eigenvalue weighted by Gasteiger charge is 2.23. The van der Waals surface area contributed by atoms with E-state index in [2.05, 4.69) is 0 Å². The second kappa shape index (κ2) is 2.30. The summed E-state index contributed by atoms with van der Waals surface area (Å²) in [6.45, 7) is 1.78. The van der Waals surface area contributed by atoms with Crippen LogP contribution < -0.4 is 5.84 Å². The summed E-state index contributed by atoms with van der Waals surface area (Å²) in [5, 5.41) is 1.38. The molecule has 1 atom stereocenters. The van der Waals surface area contributed by atoms with E-state index < -0.39 is 0 Å². The Morgan fingerprint density at radius 1 is 1.80 bits per heavy atom. The Hall–Kier alpha value is -1.03. The van der Waals surface area contributed by atoms with E-state index in [1.807, 2.05) is 0 Å². The van der Waals surface area contributed by atoms with Gasteiger partial charge in [0.2, 0.25) is 0 Å². The molecule has 0 aromatic carbocycles. The van der Waals surface area contributed by atoms with Crippen LogP contribution in [0.15, 0.2) is 11.8 Å². The van der Waals surface area contributed by atoms with Crippen molar-refractivity contribution in [1.29, 1.82) is 0 Å². The van der Waals surface area contributed by atoms with E-state index in [4.69, 9.17) is 10.6 Å². The minimum atomic E-state index is -0.320. The zero-order valence-corrected chi connectivity index (χ0v) is 6.00. The average Bonchev–Trinajstić information content (AvgIpc) is 2.10. The maximum Gasteiger partial charge on any atom is 0.333 e. The Morgan fingerprint density at radius 2 is 2.40 bits per heavy atom. The van der Waals surface area contributed by atoms with E-state index in [-0.39, 0.29) is 12.1 Å². The molecule has 56 valence electrons. The molecule has 0 aromatic heterocycles. The lowest BCUT2D eigenvalue weighted by molar-refractivity contribution is -0.138. The van der Waals surface area contributed by atoms with Crippen molar-refractivity contribution in [3.63, 3.8) is 0 Å². The highest BCUT2D eigenvalue weighted by atomic mass is 16.5. The summed E-state index contributed by atoms with van der Waals surface area (Å²) in [6.07, 6.45) is 1.19. The molecule has 0 aliphatic carbocycles. The van der Waals surface area contributed by atoms with Gasteiger partial charge in [0, 0.05) is 13.1 Å². The lowest BCUT2D eigenvalue weighted by atomic mass is 10.3. The molecule has 0 saturated carbocycles. The molecule has 4 nitrogen and oxygen atoms in total. The molecule has 2 N–H and O–H groups in total. The number of nitrogens with zero attached hydrogens (tertiary/aromatic N) is 1. The zero-order chi connectivity index (χ0) is 7.72. The fourth-order valence-corrected chi connectivity index (χ4v) is 0.895. The summed E-state index contributed by atoms with van der Waals surface area (Å²) >= 11 is 0. The van der Waals surface area contributed by atoms with Crippen molar-refractivity contribution in [3.05, 3.63) is 11.8 Å².